The second-order valence-corrected chi connectivity index (χ2v) is 8.70. The van der Waals surface area contributed by atoms with Crippen LogP contribution in [0.3, 0.4) is 0 Å². The number of carbonyl (C=O) groups excluding carboxylic acids is 3. The summed E-state index contributed by atoms with van der Waals surface area (Å²) in [6.45, 7) is -2.78. The summed E-state index contributed by atoms with van der Waals surface area (Å²) in [6.07, 6.45) is -6.73. The first kappa shape index (κ1) is 30.8. The number of hydrogen-bond acceptors (Lipinski definition) is 11. The number of amides is 3. The average molecular weight is 611 g/mol. The number of ether oxygens (including phenoxy) is 3. The highest BCUT2D eigenvalue weighted by Crippen LogP contribution is 2.34. The van der Waals surface area contributed by atoms with Gasteiger partial charge in [-0.3, -0.25) is 34.0 Å². The Kier molecular flexibility index (Phi) is 9.46. The van der Waals surface area contributed by atoms with Crippen LogP contribution >= 0.6 is 0 Å². The standard InChI is InChI=1S/C24H24F3N7O9/c25-24(26,27)22(40)29-7-6-28-14(36)9-42-18-17(38)13(8-35)43-21(18)34-11-30-16-19(34)32-23(33-20(16)39)31-15(37)10-41-12-4-2-1-3-5-12/h1-5,11,18,21,35,38H,6-10H2,(H,28,36)(H,29,40)(H2,31,32,33,37,39)/t18?,21-/m1/s1. The first-order valence-corrected chi connectivity index (χ1v) is 12.3. The summed E-state index contributed by atoms with van der Waals surface area (Å²) in [4.78, 5) is 58.5. The maximum atomic E-state index is 12.6. The lowest BCUT2D eigenvalue weighted by atomic mass is 10.2. The van der Waals surface area contributed by atoms with Crippen molar-refractivity contribution in [3.8, 4) is 5.75 Å². The fourth-order valence-corrected chi connectivity index (χ4v) is 3.74. The third-order valence-electron chi connectivity index (χ3n) is 5.68. The number of imidazole rings is 1. The molecule has 2 aromatic heterocycles. The number of para-hydroxylation sites is 1. The smallest absolute Gasteiger partial charge is 0.471 e. The van der Waals surface area contributed by atoms with E-state index in [2.05, 4.69) is 25.6 Å². The van der Waals surface area contributed by atoms with Crippen LogP contribution in [0.25, 0.3) is 11.2 Å². The molecule has 2 atom stereocenters. The third kappa shape index (κ3) is 7.57. The van der Waals surface area contributed by atoms with Gasteiger partial charge in [-0.15, -0.1) is 0 Å². The number of fused-ring (bicyclic) bond motifs is 1. The highest BCUT2D eigenvalue weighted by Gasteiger charge is 2.41. The number of carbonyl (C=O) groups is 3. The summed E-state index contributed by atoms with van der Waals surface area (Å²) in [6, 6.07) is 8.49. The molecule has 3 heterocycles. The van der Waals surface area contributed by atoms with Gasteiger partial charge in [-0.25, -0.2) is 4.98 Å². The maximum Gasteiger partial charge on any atom is 0.471 e. The molecule has 4 rings (SSSR count). The fourth-order valence-electron chi connectivity index (χ4n) is 3.74. The molecule has 3 amide bonds. The molecule has 43 heavy (non-hydrogen) atoms. The molecule has 1 aromatic carbocycles. The third-order valence-corrected chi connectivity index (χ3v) is 5.68. The second kappa shape index (κ2) is 13.2. The molecule has 0 spiro atoms. The van der Waals surface area contributed by atoms with E-state index >= 15 is 0 Å². The van der Waals surface area contributed by atoms with Crippen LogP contribution < -0.4 is 26.2 Å². The summed E-state index contributed by atoms with van der Waals surface area (Å²) in [5, 5.41) is 26.3. The Morgan fingerprint density at radius 1 is 1.09 bits per heavy atom. The van der Waals surface area contributed by atoms with Crippen molar-refractivity contribution in [3.63, 3.8) is 0 Å². The molecular weight excluding hydrogens is 587 g/mol. The molecule has 6 N–H and O–H groups in total. The predicted molar refractivity (Wildman–Crippen MR) is 137 cm³/mol. The van der Waals surface area contributed by atoms with Crippen LogP contribution in [0.1, 0.15) is 6.23 Å². The number of benzene rings is 1. The van der Waals surface area contributed by atoms with Gasteiger partial charge >= 0.3 is 12.1 Å². The first-order valence-electron chi connectivity index (χ1n) is 12.3. The summed E-state index contributed by atoms with van der Waals surface area (Å²) in [5.74, 6) is -4.38. The van der Waals surface area contributed by atoms with E-state index in [4.69, 9.17) is 14.2 Å². The Hall–Kier alpha value is -5.17. The van der Waals surface area contributed by atoms with E-state index < -0.39 is 73.9 Å². The Labute approximate surface area is 238 Å². The van der Waals surface area contributed by atoms with Gasteiger partial charge in [0.15, 0.2) is 35.4 Å². The summed E-state index contributed by atoms with van der Waals surface area (Å²) in [5.41, 5.74) is -1.05. The summed E-state index contributed by atoms with van der Waals surface area (Å²) >= 11 is 0. The van der Waals surface area contributed by atoms with E-state index in [0.29, 0.717) is 5.75 Å². The lowest BCUT2D eigenvalue weighted by Crippen LogP contribution is -2.42. The minimum Gasteiger partial charge on any atom is -0.506 e. The monoisotopic (exact) mass is 611 g/mol. The number of rotatable bonds is 12. The number of anilines is 1. The van der Waals surface area contributed by atoms with Crippen LogP contribution in [0.5, 0.6) is 5.75 Å². The molecular formula is C24H24F3N7O9. The number of aliphatic hydroxyl groups excluding tert-OH is 2. The molecule has 0 fully saturated rings. The van der Waals surface area contributed by atoms with Crippen LogP contribution in [-0.2, 0) is 23.9 Å². The fraction of sp³-hybridized carbons (Fsp3) is 0.333. The Balaban J connectivity index is 1.43. The molecule has 1 unspecified atom stereocenters. The molecule has 16 nitrogen and oxygen atoms in total. The van der Waals surface area contributed by atoms with E-state index in [1.807, 2.05) is 0 Å². The van der Waals surface area contributed by atoms with E-state index in [1.165, 1.54) is 0 Å². The van der Waals surface area contributed by atoms with Crippen molar-refractivity contribution in [1.29, 1.82) is 0 Å². The van der Waals surface area contributed by atoms with Crippen molar-refractivity contribution in [1.82, 2.24) is 30.2 Å². The van der Waals surface area contributed by atoms with Crippen LogP contribution in [0.15, 0.2) is 53.0 Å². The number of aromatic nitrogens is 4. The van der Waals surface area contributed by atoms with Gasteiger partial charge in [0.05, 0.1) is 0 Å². The summed E-state index contributed by atoms with van der Waals surface area (Å²) in [7, 11) is 0. The van der Waals surface area contributed by atoms with E-state index in [0.717, 1.165) is 10.9 Å². The van der Waals surface area contributed by atoms with Crippen molar-refractivity contribution in [2.24, 2.45) is 0 Å². The molecule has 1 aliphatic heterocycles. The van der Waals surface area contributed by atoms with Crippen molar-refractivity contribution >= 4 is 34.8 Å². The number of halogens is 3. The number of aliphatic hydroxyl groups is 2. The van der Waals surface area contributed by atoms with E-state index in [1.54, 1.807) is 35.6 Å². The first-order chi connectivity index (χ1) is 20.5. The van der Waals surface area contributed by atoms with Crippen LogP contribution in [0, 0.1) is 0 Å². The van der Waals surface area contributed by atoms with Gasteiger partial charge in [-0.05, 0) is 12.1 Å². The molecule has 3 aromatic rings. The van der Waals surface area contributed by atoms with Crippen LogP contribution in [0.2, 0.25) is 0 Å². The van der Waals surface area contributed by atoms with Crippen molar-refractivity contribution in [3.05, 3.63) is 58.5 Å². The lowest BCUT2D eigenvalue weighted by molar-refractivity contribution is -0.173. The zero-order valence-corrected chi connectivity index (χ0v) is 21.9. The number of nitrogens with one attached hydrogen (secondary N) is 4. The van der Waals surface area contributed by atoms with E-state index in [9.17, 15) is 42.6 Å². The Morgan fingerprint density at radius 3 is 2.51 bits per heavy atom. The molecule has 0 bridgehead atoms. The van der Waals surface area contributed by atoms with Gasteiger partial charge in [-0.2, -0.15) is 18.2 Å². The zero-order chi connectivity index (χ0) is 31.1. The van der Waals surface area contributed by atoms with Crippen molar-refractivity contribution in [2.75, 3.05) is 38.2 Å². The SMILES string of the molecule is O=C(COC1C(O)=C(CO)O[C@H]1n1cnc2c(=O)[nH]c(NC(=O)COc3ccccc3)nc21)NCCNC(=O)C(F)(F)F. The van der Waals surface area contributed by atoms with Gasteiger partial charge in [-0.1, -0.05) is 18.2 Å². The Morgan fingerprint density at radius 2 is 1.81 bits per heavy atom. The quantitative estimate of drug-likeness (QED) is 0.145. The van der Waals surface area contributed by atoms with Gasteiger partial charge in [0.25, 0.3) is 11.5 Å². The molecule has 0 saturated carbocycles. The molecule has 19 heteroatoms. The topological polar surface area (TPSA) is 219 Å². The van der Waals surface area contributed by atoms with Crippen LogP contribution in [-0.4, -0.2) is 92.6 Å². The second-order valence-electron chi connectivity index (χ2n) is 8.70. The average Bonchev–Trinajstić information content (AvgIpc) is 3.53. The summed E-state index contributed by atoms with van der Waals surface area (Å²) < 4.78 is 54.2. The number of alkyl halides is 3. The number of aromatic amines is 1. The van der Waals surface area contributed by atoms with Gasteiger partial charge in [0.2, 0.25) is 18.1 Å². The van der Waals surface area contributed by atoms with Crippen molar-refractivity contribution in [2.45, 2.75) is 18.5 Å². The van der Waals surface area contributed by atoms with Gasteiger partial charge in [0, 0.05) is 13.1 Å². The molecule has 230 valence electrons. The number of nitrogens with zero attached hydrogens (tertiary/aromatic N) is 3. The van der Waals surface area contributed by atoms with E-state index in [-0.39, 0.29) is 29.4 Å². The molecule has 1 aliphatic rings. The Bertz CT molecular complexity index is 1570. The minimum absolute atomic E-state index is 0.126. The van der Waals surface area contributed by atoms with Gasteiger partial charge in [0.1, 0.15) is 25.3 Å². The van der Waals surface area contributed by atoms with Crippen molar-refractivity contribution < 1.29 is 52.0 Å². The normalized spacial score (nSPS) is 16.6. The lowest BCUT2D eigenvalue weighted by Gasteiger charge is -2.21. The highest BCUT2D eigenvalue weighted by molar-refractivity contribution is 5.90. The molecule has 0 radical (unpaired) electrons. The minimum atomic E-state index is -5.07. The highest BCUT2D eigenvalue weighted by atomic mass is 19.4. The number of hydrogen-bond donors (Lipinski definition) is 6. The molecule has 0 aliphatic carbocycles. The number of H-pyrrole nitrogens is 1. The maximum absolute atomic E-state index is 12.6. The zero-order valence-electron chi connectivity index (χ0n) is 21.9. The van der Waals surface area contributed by atoms with Gasteiger partial charge < -0.3 is 35.1 Å². The van der Waals surface area contributed by atoms with Crippen LogP contribution in [0.4, 0.5) is 19.1 Å². The predicted octanol–water partition coefficient (Wildman–Crippen LogP) is -0.392. The largest absolute Gasteiger partial charge is 0.506 e. The molecule has 0 saturated heterocycles.